The minimum Gasteiger partial charge on any atom is -0.497 e. The molecule has 4 aromatic rings. The molecule has 0 saturated carbocycles. The number of fused-ring (bicyclic) bond motifs is 1. The summed E-state index contributed by atoms with van der Waals surface area (Å²) in [5.41, 5.74) is 2.00. The quantitative estimate of drug-likeness (QED) is 0.397. The molecule has 2 aromatic carbocycles. The van der Waals surface area contributed by atoms with Crippen molar-refractivity contribution >= 4 is 45.7 Å². The van der Waals surface area contributed by atoms with Gasteiger partial charge in [0.25, 0.3) is 5.91 Å². The summed E-state index contributed by atoms with van der Waals surface area (Å²) in [6.07, 6.45) is 0. The molecule has 1 amide bonds. The van der Waals surface area contributed by atoms with Crippen LogP contribution in [0, 0.1) is 6.92 Å². The van der Waals surface area contributed by atoms with Gasteiger partial charge < -0.3 is 19.2 Å². The van der Waals surface area contributed by atoms with Crippen LogP contribution in [0.15, 0.2) is 51.2 Å². The van der Waals surface area contributed by atoms with Crippen molar-refractivity contribution in [3.05, 3.63) is 58.8 Å². The summed E-state index contributed by atoms with van der Waals surface area (Å²) >= 11 is 3.05. The second-order valence-corrected chi connectivity index (χ2v) is 8.71. The van der Waals surface area contributed by atoms with Crippen molar-refractivity contribution in [2.75, 3.05) is 19.5 Å². The van der Waals surface area contributed by atoms with Crippen molar-refractivity contribution in [2.24, 2.45) is 0 Å². The van der Waals surface area contributed by atoms with E-state index in [-0.39, 0.29) is 11.7 Å². The molecule has 4 rings (SSSR count). The average Bonchev–Trinajstić information content (AvgIpc) is 3.35. The minimum atomic E-state index is -0.348. The smallest absolute Gasteiger partial charge is 0.291 e. The van der Waals surface area contributed by atoms with Crippen LogP contribution >= 0.6 is 23.1 Å². The summed E-state index contributed by atoms with van der Waals surface area (Å²) in [6.45, 7) is 1.91. The molecule has 0 spiro atoms. The molecular formula is C21H19N3O4S2. The van der Waals surface area contributed by atoms with E-state index in [1.54, 1.807) is 25.3 Å². The number of thioether (sulfide) groups is 1. The summed E-state index contributed by atoms with van der Waals surface area (Å²) in [7, 11) is 3.11. The molecule has 154 valence electrons. The largest absolute Gasteiger partial charge is 0.497 e. The maximum Gasteiger partial charge on any atom is 0.291 e. The van der Waals surface area contributed by atoms with Gasteiger partial charge in [-0.05, 0) is 25.1 Å². The highest BCUT2D eigenvalue weighted by molar-refractivity contribution is 8.00. The Morgan fingerprint density at radius 1 is 1.17 bits per heavy atom. The van der Waals surface area contributed by atoms with Gasteiger partial charge in [-0.1, -0.05) is 41.3 Å². The second kappa shape index (κ2) is 8.76. The first-order valence-corrected chi connectivity index (χ1v) is 10.9. The number of carbonyl (C=O) groups excluding carboxylic acids is 1. The van der Waals surface area contributed by atoms with Gasteiger partial charge in [-0.15, -0.1) is 10.2 Å². The van der Waals surface area contributed by atoms with Crippen LogP contribution in [0.2, 0.25) is 0 Å². The van der Waals surface area contributed by atoms with Gasteiger partial charge in [0.1, 0.15) is 22.1 Å². The maximum absolute atomic E-state index is 13.1. The number of hydrogen-bond donors (Lipinski definition) is 1. The zero-order valence-corrected chi connectivity index (χ0v) is 18.2. The number of furan rings is 1. The van der Waals surface area contributed by atoms with Crippen molar-refractivity contribution < 1.29 is 18.7 Å². The van der Waals surface area contributed by atoms with Crippen molar-refractivity contribution in [2.45, 2.75) is 17.0 Å². The van der Waals surface area contributed by atoms with E-state index in [1.807, 2.05) is 31.2 Å². The van der Waals surface area contributed by atoms with Crippen LogP contribution in [0.25, 0.3) is 11.0 Å². The van der Waals surface area contributed by atoms with E-state index in [0.717, 1.165) is 20.3 Å². The number of methoxy groups -OCH3 is 2. The Hall–Kier alpha value is -3.04. The van der Waals surface area contributed by atoms with Crippen LogP contribution in [0.4, 0.5) is 5.69 Å². The van der Waals surface area contributed by atoms with Gasteiger partial charge in [0.05, 0.1) is 19.9 Å². The fourth-order valence-electron chi connectivity index (χ4n) is 2.98. The number of nitrogens with zero attached hydrogens (tertiary/aromatic N) is 2. The molecule has 2 heterocycles. The van der Waals surface area contributed by atoms with Gasteiger partial charge in [-0.3, -0.25) is 4.79 Å². The minimum absolute atomic E-state index is 0.266. The lowest BCUT2D eigenvalue weighted by atomic mass is 10.1. The first kappa shape index (κ1) is 20.2. The Kier molecular flexibility index (Phi) is 5.91. The monoisotopic (exact) mass is 441 g/mol. The van der Waals surface area contributed by atoms with Crippen molar-refractivity contribution in [3.8, 4) is 11.5 Å². The number of benzene rings is 2. The zero-order chi connectivity index (χ0) is 21.1. The molecular weight excluding hydrogens is 422 g/mol. The predicted octanol–water partition coefficient (Wildman–Crippen LogP) is 5.15. The fraction of sp³-hybridized carbons (Fsp3) is 0.190. The molecule has 30 heavy (non-hydrogen) atoms. The van der Waals surface area contributed by atoms with E-state index >= 15 is 0 Å². The Balaban J connectivity index is 1.65. The number of aromatic nitrogens is 2. The van der Waals surface area contributed by atoms with E-state index in [2.05, 4.69) is 15.5 Å². The fourth-order valence-corrected chi connectivity index (χ4v) is 4.82. The van der Waals surface area contributed by atoms with Gasteiger partial charge in [0.15, 0.2) is 10.1 Å². The number of para-hydroxylation sites is 1. The van der Waals surface area contributed by atoms with Crippen LogP contribution in [0.1, 0.15) is 21.1 Å². The van der Waals surface area contributed by atoms with Gasteiger partial charge >= 0.3 is 0 Å². The maximum atomic E-state index is 13.1. The number of anilines is 1. The number of rotatable bonds is 7. The first-order chi connectivity index (χ1) is 14.6. The van der Waals surface area contributed by atoms with Crippen LogP contribution in [0.3, 0.4) is 0 Å². The molecule has 2 aromatic heterocycles. The van der Waals surface area contributed by atoms with Crippen molar-refractivity contribution in [1.29, 1.82) is 0 Å². The topological polar surface area (TPSA) is 86.5 Å². The third kappa shape index (κ3) is 4.12. The van der Waals surface area contributed by atoms with Gasteiger partial charge in [-0.2, -0.15) is 0 Å². The zero-order valence-electron chi connectivity index (χ0n) is 16.6. The van der Waals surface area contributed by atoms with Crippen LogP contribution in [0.5, 0.6) is 11.5 Å². The number of carbonyl (C=O) groups is 1. The number of amides is 1. The van der Waals surface area contributed by atoms with E-state index in [1.165, 1.54) is 30.2 Å². The summed E-state index contributed by atoms with van der Waals surface area (Å²) in [5.74, 6) is 1.59. The number of nitrogens with one attached hydrogen (secondary N) is 1. The number of aryl methyl sites for hydroxylation is 1. The molecule has 7 nitrogen and oxygen atoms in total. The SMILES string of the molecule is COc1ccc(NC(=O)c2oc3ccccc3c2CSc2nnc(C)s2)c(OC)c1. The van der Waals surface area contributed by atoms with Crippen LogP contribution in [-0.2, 0) is 5.75 Å². The van der Waals surface area contributed by atoms with E-state index in [0.29, 0.717) is 28.5 Å². The summed E-state index contributed by atoms with van der Waals surface area (Å²) in [5, 5.41) is 12.9. The van der Waals surface area contributed by atoms with Crippen LogP contribution in [-0.4, -0.2) is 30.3 Å². The molecule has 0 atom stereocenters. The highest BCUT2D eigenvalue weighted by atomic mass is 32.2. The molecule has 0 radical (unpaired) electrons. The van der Waals surface area contributed by atoms with Gasteiger partial charge in [0.2, 0.25) is 0 Å². The Bertz CT molecular complexity index is 1200. The van der Waals surface area contributed by atoms with Gasteiger partial charge in [0, 0.05) is 22.8 Å². The Labute approximate surface area is 181 Å². The van der Waals surface area contributed by atoms with Gasteiger partial charge in [-0.25, -0.2) is 0 Å². The molecule has 0 unspecified atom stereocenters. The summed E-state index contributed by atoms with van der Waals surface area (Å²) < 4.78 is 17.4. The summed E-state index contributed by atoms with van der Waals surface area (Å²) in [4.78, 5) is 13.1. The lowest BCUT2D eigenvalue weighted by Gasteiger charge is -2.11. The van der Waals surface area contributed by atoms with Crippen molar-refractivity contribution in [3.63, 3.8) is 0 Å². The summed E-state index contributed by atoms with van der Waals surface area (Å²) in [6, 6.07) is 12.8. The number of hydrogen-bond acceptors (Lipinski definition) is 8. The standard InChI is InChI=1S/C21H19N3O4S2/c1-12-23-24-21(30-12)29-11-15-14-6-4-5-7-17(14)28-19(15)20(25)22-16-9-8-13(26-2)10-18(16)27-3/h4-10H,11H2,1-3H3,(H,22,25). The van der Waals surface area contributed by atoms with Crippen LogP contribution < -0.4 is 14.8 Å². The third-order valence-corrected chi connectivity index (χ3v) is 6.41. The number of ether oxygens (including phenoxy) is 2. The highest BCUT2D eigenvalue weighted by Gasteiger charge is 2.22. The molecule has 0 fully saturated rings. The highest BCUT2D eigenvalue weighted by Crippen LogP contribution is 2.34. The molecule has 0 aliphatic carbocycles. The molecule has 0 aliphatic rings. The second-order valence-electron chi connectivity index (χ2n) is 6.30. The van der Waals surface area contributed by atoms with E-state index in [4.69, 9.17) is 13.9 Å². The average molecular weight is 442 g/mol. The molecule has 9 heteroatoms. The Morgan fingerprint density at radius 2 is 2.00 bits per heavy atom. The predicted molar refractivity (Wildman–Crippen MR) is 118 cm³/mol. The lowest BCUT2D eigenvalue weighted by Crippen LogP contribution is -2.13. The normalized spacial score (nSPS) is 10.9. The van der Waals surface area contributed by atoms with E-state index < -0.39 is 0 Å². The molecule has 0 bridgehead atoms. The van der Waals surface area contributed by atoms with E-state index in [9.17, 15) is 4.79 Å². The molecule has 0 saturated heterocycles. The lowest BCUT2D eigenvalue weighted by molar-refractivity contribution is 0.0997. The third-order valence-electron chi connectivity index (χ3n) is 4.41. The van der Waals surface area contributed by atoms with Crippen molar-refractivity contribution in [1.82, 2.24) is 10.2 Å². The molecule has 0 aliphatic heterocycles. The first-order valence-electron chi connectivity index (χ1n) is 9.05. The Morgan fingerprint density at radius 3 is 2.73 bits per heavy atom. The molecule has 1 N–H and O–H groups in total.